The van der Waals surface area contributed by atoms with Crippen LogP contribution in [-0.2, 0) is 6.42 Å². The highest BCUT2D eigenvalue weighted by Gasteiger charge is 2.17. The Morgan fingerprint density at radius 2 is 1.68 bits per heavy atom. The van der Waals surface area contributed by atoms with E-state index in [9.17, 15) is 9.18 Å². The normalized spacial score (nSPS) is 10.7. The first-order chi connectivity index (χ1) is 13.6. The predicted molar refractivity (Wildman–Crippen MR) is 111 cm³/mol. The maximum Gasteiger partial charge on any atom is 0.259 e. The largest absolute Gasteiger partial charge is 0.372 e. The summed E-state index contributed by atoms with van der Waals surface area (Å²) in [6.07, 6.45) is 2.18. The quantitative estimate of drug-likeness (QED) is 0.648. The maximum atomic E-state index is 13.2. The highest BCUT2D eigenvalue weighted by Crippen LogP contribution is 2.20. The maximum absolute atomic E-state index is 13.2. The molecule has 1 heterocycles. The highest BCUT2D eigenvalue weighted by molar-refractivity contribution is 6.05. The third-order valence-corrected chi connectivity index (χ3v) is 4.77. The molecular weight excluding hydrogens is 355 g/mol. The van der Waals surface area contributed by atoms with Gasteiger partial charge < -0.3 is 10.2 Å². The first kappa shape index (κ1) is 19.6. The van der Waals surface area contributed by atoms with Gasteiger partial charge in [0.2, 0.25) is 0 Å². The Balaban J connectivity index is 1.80. The summed E-state index contributed by atoms with van der Waals surface area (Å²) in [6, 6.07) is 13.9. The van der Waals surface area contributed by atoms with Crippen molar-refractivity contribution in [3.63, 3.8) is 0 Å². The molecule has 0 spiro atoms. The molecule has 0 fully saturated rings. The second-order valence-corrected chi connectivity index (χ2v) is 6.42. The molecule has 3 rings (SSSR count). The van der Waals surface area contributed by atoms with E-state index in [1.54, 1.807) is 23.0 Å². The topological polar surface area (TPSA) is 50.2 Å². The van der Waals surface area contributed by atoms with Crippen LogP contribution in [0.3, 0.4) is 0 Å². The Kier molecular flexibility index (Phi) is 6.09. The zero-order chi connectivity index (χ0) is 20.1. The van der Waals surface area contributed by atoms with Crippen LogP contribution in [0.25, 0.3) is 5.69 Å². The first-order valence-electron chi connectivity index (χ1n) is 9.56. The molecule has 5 nitrogen and oxygen atoms in total. The molecule has 0 aliphatic rings. The third kappa shape index (κ3) is 4.06. The standard InChI is InChI=1S/C22H25FN4O/c1-4-21-20(15-24-27(21)19-11-7-16(23)8-12-19)22(28)25-17-9-13-18(14-10-17)26(5-2)6-3/h7-15H,4-6H2,1-3H3,(H,25,28). The number of hydrogen-bond donors (Lipinski definition) is 1. The van der Waals surface area contributed by atoms with E-state index < -0.39 is 0 Å². The molecule has 28 heavy (non-hydrogen) atoms. The van der Waals surface area contributed by atoms with Crippen LogP contribution >= 0.6 is 0 Å². The number of nitrogens with one attached hydrogen (secondary N) is 1. The van der Waals surface area contributed by atoms with E-state index in [0.717, 1.165) is 35.8 Å². The molecule has 0 aliphatic carbocycles. The summed E-state index contributed by atoms with van der Waals surface area (Å²) in [4.78, 5) is 15.0. The molecule has 6 heteroatoms. The van der Waals surface area contributed by atoms with Gasteiger partial charge >= 0.3 is 0 Å². The second kappa shape index (κ2) is 8.69. The summed E-state index contributed by atoms with van der Waals surface area (Å²) in [7, 11) is 0. The molecule has 0 aliphatic heterocycles. The summed E-state index contributed by atoms with van der Waals surface area (Å²) in [5.41, 5.74) is 3.88. The van der Waals surface area contributed by atoms with Gasteiger partial charge in [-0.25, -0.2) is 9.07 Å². The van der Waals surface area contributed by atoms with Gasteiger partial charge in [-0.2, -0.15) is 5.10 Å². The van der Waals surface area contributed by atoms with E-state index in [4.69, 9.17) is 0 Å². The molecule has 0 saturated carbocycles. The Bertz CT molecular complexity index is 928. The minimum Gasteiger partial charge on any atom is -0.372 e. The number of amides is 1. The van der Waals surface area contributed by atoms with Gasteiger partial charge in [0.15, 0.2) is 0 Å². The molecule has 146 valence electrons. The van der Waals surface area contributed by atoms with Crippen molar-refractivity contribution in [3.05, 3.63) is 71.8 Å². The number of rotatable bonds is 7. The van der Waals surface area contributed by atoms with Gasteiger partial charge in [0.1, 0.15) is 5.82 Å². The third-order valence-electron chi connectivity index (χ3n) is 4.77. The van der Waals surface area contributed by atoms with Crippen LogP contribution in [0.4, 0.5) is 15.8 Å². The lowest BCUT2D eigenvalue weighted by atomic mass is 10.1. The summed E-state index contributed by atoms with van der Waals surface area (Å²) in [6.45, 7) is 8.07. The minimum absolute atomic E-state index is 0.208. The average molecular weight is 380 g/mol. The van der Waals surface area contributed by atoms with E-state index in [0.29, 0.717) is 12.0 Å². The lowest BCUT2D eigenvalue weighted by molar-refractivity contribution is 0.102. The van der Waals surface area contributed by atoms with E-state index >= 15 is 0 Å². The summed E-state index contributed by atoms with van der Waals surface area (Å²) in [5, 5.41) is 7.27. The van der Waals surface area contributed by atoms with Crippen molar-refractivity contribution < 1.29 is 9.18 Å². The van der Waals surface area contributed by atoms with Crippen LogP contribution in [0.2, 0.25) is 0 Å². The molecule has 2 aromatic carbocycles. The molecule has 1 N–H and O–H groups in total. The fourth-order valence-electron chi connectivity index (χ4n) is 3.25. The van der Waals surface area contributed by atoms with E-state index in [1.165, 1.54) is 12.1 Å². The Labute approximate surface area is 164 Å². The van der Waals surface area contributed by atoms with E-state index in [2.05, 4.69) is 29.2 Å². The van der Waals surface area contributed by atoms with Gasteiger partial charge in [-0.15, -0.1) is 0 Å². The van der Waals surface area contributed by atoms with Crippen molar-refractivity contribution in [2.24, 2.45) is 0 Å². The highest BCUT2D eigenvalue weighted by atomic mass is 19.1. The van der Waals surface area contributed by atoms with Crippen molar-refractivity contribution >= 4 is 17.3 Å². The van der Waals surface area contributed by atoms with Crippen molar-refractivity contribution in [1.29, 1.82) is 0 Å². The molecule has 0 atom stereocenters. The number of aromatic nitrogens is 2. The average Bonchev–Trinajstić information content (AvgIpc) is 3.15. The number of carbonyl (C=O) groups is 1. The molecule has 0 radical (unpaired) electrons. The van der Waals surface area contributed by atoms with Crippen LogP contribution in [-0.4, -0.2) is 28.8 Å². The zero-order valence-electron chi connectivity index (χ0n) is 16.4. The predicted octanol–water partition coefficient (Wildman–Crippen LogP) is 4.67. The number of hydrogen-bond acceptors (Lipinski definition) is 3. The summed E-state index contributed by atoms with van der Waals surface area (Å²) >= 11 is 0. The lowest BCUT2D eigenvalue weighted by Crippen LogP contribution is -2.21. The smallest absolute Gasteiger partial charge is 0.259 e. The minimum atomic E-state index is -0.305. The van der Waals surface area contributed by atoms with Crippen molar-refractivity contribution in [2.45, 2.75) is 27.2 Å². The van der Waals surface area contributed by atoms with Gasteiger partial charge in [-0.3, -0.25) is 4.79 Å². The van der Waals surface area contributed by atoms with Crippen molar-refractivity contribution in [1.82, 2.24) is 9.78 Å². The Morgan fingerprint density at radius 1 is 1.04 bits per heavy atom. The Hall–Kier alpha value is -3.15. The zero-order valence-corrected chi connectivity index (χ0v) is 16.4. The fourth-order valence-corrected chi connectivity index (χ4v) is 3.25. The number of benzene rings is 2. The van der Waals surface area contributed by atoms with Crippen LogP contribution in [0.5, 0.6) is 0 Å². The SMILES string of the molecule is CCc1c(C(=O)Nc2ccc(N(CC)CC)cc2)cnn1-c1ccc(F)cc1. The molecule has 1 amide bonds. The van der Waals surface area contributed by atoms with E-state index in [1.807, 2.05) is 31.2 Å². The number of nitrogens with zero attached hydrogens (tertiary/aromatic N) is 3. The molecule has 1 aromatic heterocycles. The molecule has 0 bridgehead atoms. The van der Waals surface area contributed by atoms with Gasteiger partial charge in [-0.1, -0.05) is 6.92 Å². The molecule has 0 unspecified atom stereocenters. The van der Waals surface area contributed by atoms with E-state index in [-0.39, 0.29) is 11.7 Å². The summed E-state index contributed by atoms with van der Waals surface area (Å²) < 4.78 is 14.9. The molecule has 3 aromatic rings. The second-order valence-electron chi connectivity index (χ2n) is 6.42. The lowest BCUT2D eigenvalue weighted by Gasteiger charge is -2.21. The number of carbonyl (C=O) groups excluding carboxylic acids is 1. The number of halogens is 1. The monoisotopic (exact) mass is 380 g/mol. The van der Waals surface area contributed by atoms with Crippen molar-refractivity contribution in [3.8, 4) is 5.69 Å². The van der Waals surface area contributed by atoms with Crippen LogP contribution in [0.15, 0.2) is 54.7 Å². The van der Waals surface area contributed by atoms with Gasteiger partial charge in [-0.05, 0) is 68.8 Å². The number of anilines is 2. The molecular formula is C22H25FN4O. The van der Waals surface area contributed by atoms with Gasteiger partial charge in [0.25, 0.3) is 5.91 Å². The summed E-state index contributed by atoms with van der Waals surface area (Å²) in [5.74, 6) is -0.513. The first-order valence-corrected chi connectivity index (χ1v) is 9.56. The van der Waals surface area contributed by atoms with Crippen LogP contribution < -0.4 is 10.2 Å². The van der Waals surface area contributed by atoms with Crippen LogP contribution in [0.1, 0.15) is 36.8 Å². The van der Waals surface area contributed by atoms with Gasteiger partial charge in [0.05, 0.1) is 23.1 Å². The van der Waals surface area contributed by atoms with Crippen molar-refractivity contribution in [2.75, 3.05) is 23.3 Å². The fraction of sp³-hybridized carbons (Fsp3) is 0.273. The Morgan fingerprint density at radius 3 is 2.25 bits per heavy atom. The van der Waals surface area contributed by atoms with Crippen LogP contribution in [0, 0.1) is 5.82 Å². The van der Waals surface area contributed by atoms with Gasteiger partial charge in [0, 0.05) is 24.5 Å². The molecule has 0 saturated heterocycles.